The highest BCUT2D eigenvalue weighted by Gasteiger charge is 2.27. The highest BCUT2D eigenvalue weighted by Crippen LogP contribution is 2.22. The van der Waals surface area contributed by atoms with Gasteiger partial charge in [0.05, 0.1) is 6.10 Å². The summed E-state index contributed by atoms with van der Waals surface area (Å²) in [7, 11) is 0. The van der Waals surface area contributed by atoms with Gasteiger partial charge in [-0.15, -0.1) is 0 Å². The molecule has 0 aromatic rings. The molecule has 0 radical (unpaired) electrons. The Morgan fingerprint density at radius 1 is 1.42 bits per heavy atom. The average Bonchev–Trinajstić information content (AvgIpc) is 2.37. The molecular formula is C15H30N2O2. The van der Waals surface area contributed by atoms with Crippen molar-refractivity contribution in [2.75, 3.05) is 19.6 Å². The summed E-state index contributed by atoms with van der Waals surface area (Å²) >= 11 is 0. The Hall–Kier alpha value is -0.610. The van der Waals surface area contributed by atoms with E-state index in [0.29, 0.717) is 44.3 Å². The number of amides is 1. The van der Waals surface area contributed by atoms with Crippen molar-refractivity contribution in [1.82, 2.24) is 4.90 Å². The van der Waals surface area contributed by atoms with Gasteiger partial charge in [-0.05, 0) is 43.6 Å². The summed E-state index contributed by atoms with van der Waals surface area (Å²) < 4.78 is 0. The Kier molecular flexibility index (Phi) is 6.80. The largest absolute Gasteiger partial charge is 0.393 e. The molecule has 1 heterocycles. The summed E-state index contributed by atoms with van der Waals surface area (Å²) in [6.45, 7) is 8.50. The number of carbonyl (C=O) groups excluding carboxylic acids is 1. The Bertz CT molecular complexity index is 281. The predicted molar refractivity (Wildman–Crippen MR) is 77.6 cm³/mol. The molecule has 112 valence electrons. The molecule has 0 aromatic heterocycles. The van der Waals surface area contributed by atoms with E-state index in [0.717, 1.165) is 12.8 Å². The SMILES string of the molecule is CC(C)C(CCN)CCC(=O)N1CCC(O)C(C)C1. The van der Waals surface area contributed by atoms with Crippen molar-refractivity contribution < 1.29 is 9.90 Å². The van der Waals surface area contributed by atoms with Gasteiger partial charge >= 0.3 is 0 Å². The summed E-state index contributed by atoms with van der Waals surface area (Å²) in [4.78, 5) is 14.1. The smallest absolute Gasteiger partial charge is 0.222 e. The Morgan fingerprint density at radius 3 is 2.63 bits per heavy atom. The molecule has 1 amide bonds. The molecule has 4 nitrogen and oxygen atoms in total. The number of carbonyl (C=O) groups is 1. The van der Waals surface area contributed by atoms with E-state index < -0.39 is 0 Å². The minimum Gasteiger partial charge on any atom is -0.393 e. The summed E-state index contributed by atoms with van der Waals surface area (Å²) in [5.74, 6) is 1.56. The van der Waals surface area contributed by atoms with Crippen LogP contribution in [0.1, 0.15) is 46.5 Å². The lowest BCUT2D eigenvalue weighted by molar-refractivity contribution is -0.135. The van der Waals surface area contributed by atoms with Crippen LogP contribution in [0.2, 0.25) is 0 Å². The highest BCUT2D eigenvalue weighted by molar-refractivity contribution is 5.76. The number of piperidine rings is 1. The van der Waals surface area contributed by atoms with Crippen molar-refractivity contribution in [3.63, 3.8) is 0 Å². The minimum atomic E-state index is -0.246. The predicted octanol–water partition coefficient (Wildman–Crippen LogP) is 1.62. The van der Waals surface area contributed by atoms with Gasteiger partial charge in [0.2, 0.25) is 5.91 Å². The zero-order chi connectivity index (χ0) is 14.4. The fraction of sp³-hybridized carbons (Fsp3) is 0.933. The molecule has 0 bridgehead atoms. The fourth-order valence-electron chi connectivity index (χ4n) is 2.85. The lowest BCUT2D eigenvalue weighted by Gasteiger charge is -2.34. The molecule has 0 aliphatic carbocycles. The van der Waals surface area contributed by atoms with Gasteiger partial charge in [0.25, 0.3) is 0 Å². The van der Waals surface area contributed by atoms with Crippen molar-refractivity contribution in [1.29, 1.82) is 0 Å². The highest BCUT2D eigenvalue weighted by atomic mass is 16.3. The van der Waals surface area contributed by atoms with Gasteiger partial charge in [-0.1, -0.05) is 20.8 Å². The van der Waals surface area contributed by atoms with E-state index in [-0.39, 0.29) is 17.9 Å². The standard InChI is InChI=1S/C15H30N2O2/c1-11(2)13(6-8-16)4-5-15(19)17-9-7-14(18)12(3)10-17/h11-14,18H,4-10,16H2,1-3H3. The van der Waals surface area contributed by atoms with E-state index in [1.54, 1.807) is 0 Å². The normalized spacial score (nSPS) is 25.7. The second-order valence-corrected chi connectivity index (χ2v) is 6.29. The van der Waals surface area contributed by atoms with Crippen molar-refractivity contribution in [3.8, 4) is 0 Å². The van der Waals surface area contributed by atoms with Crippen molar-refractivity contribution in [2.45, 2.75) is 52.6 Å². The van der Waals surface area contributed by atoms with Crippen molar-refractivity contribution in [3.05, 3.63) is 0 Å². The van der Waals surface area contributed by atoms with Crippen LogP contribution in [0, 0.1) is 17.8 Å². The van der Waals surface area contributed by atoms with Crippen LogP contribution >= 0.6 is 0 Å². The number of rotatable bonds is 6. The summed E-state index contributed by atoms with van der Waals surface area (Å²) in [6.07, 6.45) is 3.01. The van der Waals surface area contributed by atoms with E-state index in [4.69, 9.17) is 5.73 Å². The first-order valence-corrected chi connectivity index (χ1v) is 7.61. The topological polar surface area (TPSA) is 66.6 Å². The molecule has 0 aromatic carbocycles. The quantitative estimate of drug-likeness (QED) is 0.770. The van der Waals surface area contributed by atoms with Crippen LogP contribution in [0.15, 0.2) is 0 Å². The van der Waals surface area contributed by atoms with Gasteiger partial charge in [0.1, 0.15) is 0 Å². The maximum Gasteiger partial charge on any atom is 0.222 e. The summed E-state index contributed by atoms with van der Waals surface area (Å²) in [6, 6.07) is 0. The Morgan fingerprint density at radius 2 is 2.11 bits per heavy atom. The molecule has 19 heavy (non-hydrogen) atoms. The fourth-order valence-corrected chi connectivity index (χ4v) is 2.85. The second-order valence-electron chi connectivity index (χ2n) is 6.29. The number of aliphatic hydroxyl groups is 1. The summed E-state index contributed by atoms with van der Waals surface area (Å²) in [5, 5.41) is 9.69. The first kappa shape index (κ1) is 16.4. The third kappa shape index (κ3) is 5.11. The van der Waals surface area contributed by atoms with Crippen LogP contribution in [0.4, 0.5) is 0 Å². The van der Waals surface area contributed by atoms with Crippen LogP contribution in [0.25, 0.3) is 0 Å². The zero-order valence-corrected chi connectivity index (χ0v) is 12.6. The van der Waals surface area contributed by atoms with E-state index in [9.17, 15) is 9.90 Å². The van der Waals surface area contributed by atoms with Crippen LogP contribution in [-0.2, 0) is 4.79 Å². The van der Waals surface area contributed by atoms with Crippen LogP contribution in [-0.4, -0.2) is 41.7 Å². The van der Waals surface area contributed by atoms with E-state index >= 15 is 0 Å². The molecule has 0 saturated carbocycles. The van der Waals surface area contributed by atoms with E-state index in [1.807, 2.05) is 11.8 Å². The molecule has 1 fully saturated rings. The minimum absolute atomic E-state index is 0.197. The lowest BCUT2D eigenvalue weighted by Crippen LogP contribution is -2.45. The molecule has 1 aliphatic rings. The summed E-state index contributed by atoms with van der Waals surface area (Å²) in [5.41, 5.74) is 5.63. The third-order valence-electron chi connectivity index (χ3n) is 4.42. The van der Waals surface area contributed by atoms with Gasteiger partial charge < -0.3 is 15.7 Å². The van der Waals surface area contributed by atoms with Gasteiger partial charge in [-0.3, -0.25) is 4.79 Å². The van der Waals surface area contributed by atoms with Crippen molar-refractivity contribution in [2.24, 2.45) is 23.5 Å². The first-order chi connectivity index (χ1) is 8.95. The molecular weight excluding hydrogens is 240 g/mol. The second kappa shape index (κ2) is 7.85. The third-order valence-corrected chi connectivity index (χ3v) is 4.42. The van der Waals surface area contributed by atoms with E-state index in [1.165, 1.54) is 0 Å². The molecule has 3 N–H and O–H groups in total. The van der Waals surface area contributed by atoms with Gasteiger partial charge in [-0.25, -0.2) is 0 Å². The number of hydrogen-bond donors (Lipinski definition) is 2. The zero-order valence-electron chi connectivity index (χ0n) is 12.6. The van der Waals surface area contributed by atoms with Crippen LogP contribution in [0.5, 0.6) is 0 Å². The number of aliphatic hydroxyl groups excluding tert-OH is 1. The van der Waals surface area contributed by atoms with E-state index in [2.05, 4.69) is 13.8 Å². The number of hydrogen-bond acceptors (Lipinski definition) is 3. The first-order valence-electron chi connectivity index (χ1n) is 7.61. The van der Waals surface area contributed by atoms with Gasteiger partial charge in [0, 0.05) is 19.5 Å². The number of nitrogens with two attached hydrogens (primary N) is 1. The molecule has 4 heteroatoms. The van der Waals surface area contributed by atoms with Gasteiger partial charge in [0.15, 0.2) is 0 Å². The van der Waals surface area contributed by atoms with Gasteiger partial charge in [-0.2, -0.15) is 0 Å². The molecule has 1 aliphatic heterocycles. The maximum absolute atomic E-state index is 12.2. The Balaban J connectivity index is 2.38. The lowest BCUT2D eigenvalue weighted by atomic mass is 9.88. The molecule has 0 spiro atoms. The Labute approximate surface area is 117 Å². The average molecular weight is 270 g/mol. The molecule has 1 saturated heterocycles. The molecule has 1 rings (SSSR count). The maximum atomic E-state index is 12.2. The molecule has 3 unspecified atom stereocenters. The van der Waals surface area contributed by atoms with Crippen LogP contribution < -0.4 is 5.73 Å². The van der Waals surface area contributed by atoms with Crippen LogP contribution in [0.3, 0.4) is 0 Å². The molecule has 3 atom stereocenters. The number of likely N-dealkylation sites (tertiary alicyclic amines) is 1. The number of nitrogens with zero attached hydrogens (tertiary/aromatic N) is 1. The van der Waals surface area contributed by atoms with Crippen molar-refractivity contribution >= 4 is 5.91 Å². The monoisotopic (exact) mass is 270 g/mol.